The molecule has 6 nitrogen and oxygen atoms in total. The van der Waals surface area contributed by atoms with E-state index >= 15 is 0 Å². The molecule has 0 atom stereocenters. The minimum atomic E-state index is -0.397. The summed E-state index contributed by atoms with van der Waals surface area (Å²) >= 11 is 0. The molecule has 0 radical (unpaired) electrons. The van der Waals surface area contributed by atoms with E-state index in [4.69, 9.17) is 4.42 Å². The molecule has 0 unspecified atom stereocenters. The zero-order chi connectivity index (χ0) is 19.5. The highest BCUT2D eigenvalue weighted by atomic mass is 16.6. The Morgan fingerprint density at radius 3 is 2.50 bits per heavy atom. The molecule has 0 N–H and O–H groups in total. The second-order valence-corrected chi connectivity index (χ2v) is 6.58. The van der Waals surface area contributed by atoms with Crippen molar-refractivity contribution in [3.05, 3.63) is 100 Å². The SMILES string of the molecule is Cc1ccc(-c2cnc(-c3ccc[n+](Cc4ccc([N+](=O)[O-])cc4)c3)o2)cc1. The van der Waals surface area contributed by atoms with Gasteiger partial charge in [-0.15, -0.1) is 0 Å². The highest BCUT2D eigenvalue weighted by Gasteiger charge is 2.13. The summed E-state index contributed by atoms with van der Waals surface area (Å²) in [5, 5.41) is 10.8. The second kappa shape index (κ2) is 7.44. The van der Waals surface area contributed by atoms with Crippen LogP contribution in [0.25, 0.3) is 22.8 Å². The fraction of sp³-hybridized carbons (Fsp3) is 0.0909. The molecular formula is C22H18N3O3+. The molecule has 28 heavy (non-hydrogen) atoms. The van der Waals surface area contributed by atoms with E-state index in [9.17, 15) is 10.1 Å². The van der Waals surface area contributed by atoms with Gasteiger partial charge in [-0.05, 0) is 25.1 Å². The Hall–Kier alpha value is -3.80. The largest absolute Gasteiger partial charge is 0.436 e. The van der Waals surface area contributed by atoms with E-state index in [-0.39, 0.29) is 5.69 Å². The third kappa shape index (κ3) is 3.81. The number of non-ortho nitro benzene ring substituents is 1. The van der Waals surface area contributed by atoms with Crippen molar-refractivity contribution in [3.63, 3.8) is 0 Å². The first-order chi connectivity index (χ1) is 13.6. The number of aryl methyl sites for hydroxylation is 1. The molecule has 2 aromatic carbocycles. The Kier molecular flexibility index (Phi) is 4.68. The van der Waals surface area contributed by atoms with Crippen LogP contribution >= 0.6 is 0 Å². The van der Waals surface area contributed by atoms with Gasteiger partial charge in [0.25, 0.3) is 5.69 Å². The minimum absolute atomic E-state index is 0.0888. The van der Waals surface area contributed by atoms with Gasteiger partial charge in [0.2, 0.25) is 5.89 Å². The maximum atomic E-state index is 10.8. The van der Waals surface area contributed by atoms with Crippen LogP contribution in [-0.4, -0.2) is 9.91 Å². The molecule has 0 saturated carbocycles. The molecule has 0 spiro atoms. The van der Waals surface area contributed by atoms with Crippen molar-refractivity contribution < 1.29 is 13.9 Å². The maximum Gasteiger partial charge on any atom is 0.269 e. The van der Waals surface area contributed by atoms with Gasteiger partial charge in [0.15, 0.2) is 24.7 Å². The van der Waals surface area contributed by atoms with Crippen molar-refractivity contribution in [2.45, 2.75) is 13.5 Å². The molecule has 2 aromatic heterocycles. The van der Waals surface area contributed by atoms with Crippen molar-refractivity contribution in [1.82, 2.24) is 4.98 Å². The van der Waals surface area contributed by atoms with Crippen LogP contribution in [0.3, 0.4) is 0 Å². The van der Waals surface area contributed by atoms with Gasteiger partial charge in [-0.3, -0.25) is 10.1 Å². The van der Waals surface area contributed by atoms with Gasteiger partial charge in [-0.25, -0.2) is 4.98 Å². The average Bonchev–Trinajstić information content (AvgIpc) is 3.19. The number of nitrogens with zero attached hydrogens (tertiary/aromatic N) is 3. The zero-order valence-corrected chi connectivity index (χ0v) is 15.3. The van der Waals surface area contributed by atoms with E-state index in [0.29, 0.717) is 12.4 Å². The number of nitro groups is 1. The topological polar surface area (TPSA) is 73.0 Å². The quantitative estimate of drug-likeness (QED) is 0.292. The normalized spacial score (nSPS) is 10.8. The number of oxazole rings is 1. The molecule has 0 fully saturated rings. The maximum absolute atomic E-state index is 10.8. The van der Waals surface area contributed by atoms with Crippen LogP contribution in [-0.2, 0) is 6.54 Å². The Bertz CT molecular complexity index is 1120. The van der Waals surface area contributed by atoms with Gasteiger partial charge in [0.1, 0.15) is 5.56 Å². The van der Waals surface area contributed by atoms with Gasteiger partial charge in [-0.1, -0.05) is 29.8 Å². The molecule has 4 aromatic rings. The van der Waals surface area contributed by atoms with E-state index < -0.39 is 4.92 Å². The monoisotopic (exact) mass is 372 g/mol. The molecule has 0 bridgehead atoms. The van der Waals surface area contributed by atoms with Crippen LogP contribution in [0, 0.1) is 17.0 Å². The standard InChI is InChI=1S/C22H18N3O3/c1-16-4-8-18(9-5-16)21-13-23-22(28-21)19-3-2-12-24(15-19)14-17-6-10-20(11-7-17)25(26)27/h2-13,15H,14H2,1H3/q+1. The first kappa shape index (κ1) is 17.6. The fourth-order valence-electron chi connectivity index (χ4n) is 2.94. The van der Waals surface area contributed by atoms with Crippen LogP contribution in [0.1, 0.15) is 11.1 Å². The van der Waals surface area contributed by atoms with Crippen molar-refractivity contribution in [2.24, 2.45) is 0 Å². The Labute approximate surface area is 161 Å². The Morgan fingerprint density at radius 2 is 1.79 bits per heavy atom. The number of hydrogen-bond donors (Lipinski definition) is 0. The van der Waals surface area contributed by atoms with E-state index in [1.165, 1.54) is 17.7 Å². The zero-order valence-electron chi connectivity index (χ0n) is 15.3. The smallest absolute Gasteiger partial charge is 0.269 e. The molecule has 2 heterocycles. The summed E-state index contributed by atoms with van der Waals surface area (Å²) in [6.07, 6.45) is 5.62. The highest BCUT2D eigenvalue weighted by Crippen LogP contribution is 2.25. The number of rotatable bonds is 5. The van der Waals surface area contributed by atoms with E-state index in [1.54, 1.807) is 18.3 Å². The van der Waals surface area contributed by atoms with Crippen LogP contribution in [0.15, 0.2) is 83.7 Å². The van der Waals surface area contributed by atoms with Crippen molar-refractivity contribution >= 4 is 5.69 Å². The molecule has 0 aliphatic rings. The predicted octanol–water partition coefficient (Wildman–Crippen LogP) is 4.56. The summed E-state index contributed by atoms with van der Waals surface area (Å²) in [4.78, 5) is 14.8. The number of pyridine rings is 1. The molecule has 0 amide bonds. The van der Waals surface area contributed by atoms with E-state index in [1.807, 2.05) is 60.3 Å². The molecule has 0 aliphatic heterocycles. The summed E-state index contributed by atoms with van der Waals surface area (Å²) in [6.45, 7) is 2.64. The van der Waals surface area contributed by atoms with Crippen molar-refractivity contribution in [3.8, 4) is 22.8 Å². The third-order valence-electron chi connectivity index (χ3n) is 4.46. The third-order valence-corrected chi connectivity index (χ3v) is 4.46. The van der Waals surface area contributed by atoms with Gasteiger partial charge in [0, 0.05) is 29.3 Å². The Morgan fingerprint density at radius 1 is 1.04 bits per heavy atom. The number of benzene rings is 2. The average molecular weight is 372 g/mol. The first-order valence-electron chi connectivity index (χ1n) is 8.84. The predicted molar refractivity (Wildman–Crippen MR) is 105 cm³/mol. The summed E-state index contributed by atoms with van der Waals surface area (Å²) in [7, 11) is 0. The van der Waals surface area contributed by atoms with Gasteiger partial charge in [0.05, 0.1) is 11.1 Å². The van der Waals surface area contributed by atoms with Crippen LogP contribution in [0.5, 0.6) is 0 Å². The summed E-state index contributed by atoms with van der Waals surface area (Å²) in [5.74, 6) is 1.27. The minimum Gasteiger partial charge on any atom is -0.436 e. The Balaban J connectivity index is 1.55. The van der Waals surface area contributed by atoms with Crippen molar-refractivity contribution in [1.29, 1.82) is 0 Å². The van der Waals surface area contributed by atoms with Gasteiger partial charge in [-0.2, -0.15) is 4.57 Å². The molecule has 138 valence electrons. The molecular weight excluding hydrogens is 354 g/mol. The summed E-state index contributed by atoms with van der Waals surface area (Å²) < 4.78 is 7.94. The highest BCUT2D eigenvalue weighted by molar-refractivity contribution is 5.60. The number of hydrogen-bond acceptors (Lipinski definition) is 4. The molecule has 4 rings (SSSR count). The number of nitro benzene ring substituents is 1. The summed E-state index contributed by atoms with van der Waals surface area (Å²) in [6, 6.07) is 18.5. The van der Waals surface area contributed by atoms with E-state index in [0.717, 1.165) is 22.5 Å². The molecule has 0 saturated heterocycles. The fourth-order valence-corrected chi connectivity index (χ4v) is 2.94. The lowest BCUT2D eigenvalue weighted by molar-refractivity contribution is -0.687. The van der Waals surface area contributed by atoms with E-state index in [2.05, 4.69) is 4.98 Å². The molecule has 6 heteroatoms. The van der Waals surface area contributed by atoms with Crippen LogP contribution < -0.4 is 4.57 Å². The lowest BCUT2D eigenvalue weighted by Crippen LogP contribution is -2.33. The van der Waals surface area contributed by atoms with Gasteiger partial charge < -0.3 is 4.42 Å². The van der Waals surface area contributed by atoms with Gasteiger partial charge >= 0.3 is 0 Å². The second-order valence-electron chi connectivity index (χ2n) is 6.58. The van der Waals surface area contributed by atoms with Crippen molar-refractivity contribution in [2.75, 3.05) is 0 Å². The summed E-state index contributed by atoms with van der Waals surface area (Å²) in [5.41, 5.74) is 4.10. The lowest BCUT2D eigenvalue weighted by Gasteiger charge is -2.00. The molecule has 0 aliphatic carbocycles. The lowest BCUT2D eigenvalue weighted by atomic mass is 10.1. The van der Waals surface area contributed by atoms with Crippen LogP contribution in [0.4, 0.5) is 5.69 Å². The first-order valence-corrected chi connectivity index (χ1v) is 8.84. The van der Waals surface area contributed by atoms with Crippen LogP contribution in [0.2, 0.25) is 0 Å². The number of aromatic nitrogens is 2.